The number of pyridine rings is 1. The smallest absolute Gasteiger partial charge is 0.135 e. The van der Waals surface area contributed by atoms with Crippen LogP contribution in [0.3, 0.4) is 0 Å². The van der Waals surface area contributed by atoms with Crippen LogP contribution in [0.25, 0.3) is 61.0 Å². The van der Waals surface area contributed by atoms with Crippen molar-refractivity contribution in [1.82, 2.24) is 9.55 Å². The molecule has 0 N–H and O–H groups in total. The normalized spacial score (nSPS) is 14.0. The van der Waals surface area contributed by atoms with E-state index in [9.17, 15) is 2.74 Å². The van der Waals surface area contributed by atoms with Crippen LogP contribution in [0.15, 0.2) is 243 Å². The Hall–Kier alpha value is -8.76. The maximum atomic E-state index is 9.54. The first-order chi connectivity index (χ1) is 40.2. The van der Waals surface area contributed by atoms with Crippen LogP contribution >= 0.6 is 0 Å². The molecule has 0 amide bonds. The standard InChI is InChI=1S/C76H61N4O.Pt/c1-74(2,3)49-51-44-64(52-22-9-7-10-23-52)73(65(45-51)53-24-11-8-12-25-53)79-50-78(69-34-19-20-35-70(69)79)57-26-21-27-58(47-57)81-59-40-41-63-62-30-15-18-33-68(62)80(71(63)48-59)72-46-56(42-43-77-72)76(55-38-36-54(37-39-55)75(4,5)6)66-31-16-13-28-60(66)61-29-14-17-32-67(61)76;/h7-46,50H,49H2,1-6H3;/q-3;/i49D2;. The fraction of sp³-hybridized carbons (Fsp3) is 0.132. The molecule has 5 nitrogen and oxygen atoms in total. The molecule has 0 fully saturated rings. The van der Waals surface area contributed by atoms with Gasteiger partial charge in [-0.1, -0.05) is 211 Å². The zero-order valence-corrected chi connectivity index (χ0v) is 49.0. The Bertz CT molecular complexity index is 4360. The summed E-state index contributed by atoms with van der Waals surface area (Å²) in [6.07, 6.45) is 0.314. The van der Waals surface area contributed by atoms with E-state index in [1.54, 1.807) is 0 Å². The van der Waals surface area contributed by atoms with Gasteiger partial charge in [0, 0.05) is 75.2 Å². The van der Waals surface area contributed by atoms with E-state index in [1.807, 2.05) is 81.6 Å². The largest absolute Gasteiger partial charge is 0.509 e. The third-order valence-corrected chi connectivity index (χ3v) is 16.0. The van der Waals surface area contributed by atoms with Crippen molar-refractivity contribution >= 4 is 44.6 Å². The number of hydrogen-bond donors (Lipinski definition) is 0. The Morgan fingerprint density at radius 1 is 0.524 bits per heavy atom. The van der Waals surface area contributed by atoms with Gasteiger partial charge < -0.3 is 19.1 Å². The molecule has 1 aliphatic heterocycles. The number of benzene rings is 10. The molecule has 2 aliphatic rings. The molecule has 0 saturated heterocycles. The molecule has 3 heterocycles. The Labute approximate surface area is 499 Å². The van der Waals surface area contributed by atoms with Crippen molar-refractivity contribution in [2.75, 3.05) is 9.80 Å². The molecule has 0 atom stereocenters. The first-order valence-electron chi connectivity index (χ1n) is 28.9. The Kier molecular flexibility index (Phi) is 12.6. The summed E-state index contributed by atoms with van der Waals surface area (Å²) in [4.78, 5) is 9.59. The first kappa shape index (κ1) is 50.2. The Morgan fingerprint density at radius 2 is 1.11 bits per heavy atom. The third kappa shape index (κ3) is 9.03. The molecule has 0 bridgehead atoms. The summed E-state index contributed by atoms with van der Waals surface area (Å²) < 4.78 is 28.2. The van der Waals surface area contributed by atoms with Gasteiger partial charge in [0.15, 0.2) is 0 Å². The number of para-hydroxylation sites is 3. The van der Waals surface area contributed by atoms with Crippen molar-refractivity contribution in [1.29, 1.82) is 0 Å². The molecule has 0 spiro atoms. The second-order valence-electron chi connectivity index (χ2n) is 23.4. The topological polar surface area (TPSA) is 33.5 Å². The molecule has 404 valence electrons. The van der Waals surface area contributed by atoms with Crippen molar-refractivity contribution in [2.24, 2.45) is 5.41 Å². The maximum Gasteiger partial charge on any atom is 0.135 e. The number of rotatable bonds is 10. The summed E-state index contributed by atoms with van der Waals surface area (Å²) in [5.74, 6) is 1.86. The Morgan fingerprint density at radius 3 is 1.76 bits per heavy atom. The van der Waals surface area contributed by atoms with Gasteiger partial charge in [0.05, 0.1) is 5.41 Å². The van der Waals surface area contributed by atoms with E-state index >= 15 is 0 Å². The van der Waals surface area contributed by atoms with E-state index in [4.69, 9.17) is 9.72 Å². The minimum Gasteiger partial charge on any atom is -0.509 e. The van der Waals surface area contributed by atoms with Crippen molar-refractivity contribution < 1.29 is 28.5 Å². The van der Waals surface area contributed by atoms with Gasteiger partial charge in [-0.05, 0) is 121 Å². The fourth-order valence-corrected chi connectivity index (χ4v) is 12.5. The van der Waals surface area contributed by atoms with Crippen LogP contribution in [0, 0.1) is 24.2 Å². The van der Waals surface area contributed by atoms with Crippen LogP contribution in [0.4, 0.5) is 22.7 Å². The number of ether oxygens (including phenoxy) is 1. The van der Waals surface area contributed by atoms with Crippen molar-refractivity contribution in [3.63, 3.8) is 0 Å². The predicted octanol–water partition coefficient (Wildman–Crippen LogP) is 19.6. The zero-order valence-electron chi connectivity index (χ0n) is 48.7. The number of aromatic nitrogens is 2. The van der Waals surface area contributed by atoms with Gasteiger partial charge in [0.1, 0.15) is 5.82 Å². The van der Waals surface area contributed by atoms with E-state index < -0.39 is 17.2 Å². The molecule has 0 unspecified atom stereocenters. The summed E-state index contributed by atoms with van der Waals surface area (Å²) in [6, 6.07) is 90.7. The SMILES string of the molecule is [2H]C([2H])(c1cc(-c2ccccc2)c(N2[CH-]N(c3[c-]c(Oc4[c-]c5c(cc4)c4ccccc4n5-c4cc(C5(c6ccc(C(C)(C)C)cc6)c6ccccc6-c6ccccc65)ccn4)ccc3)c3ccccc32)c(-c2ccccc2)c1)C(C)(C)C.[Pt]. The van der Waals surface area contributed by atoms with Gasteiger partial charge in [-0.2, -0.15) is 12.1 Å². The van der Waals surface area contributed by atoms with E-state index in [0.29, 0.717) is 17.1 Å². The van der Waals surface area contributed by atoms with Crippen molar-refractivity contribution in [2.45, 2.75) is 58.7 Å². The third-order valence-electron chi connectivity index (χ3n) is 16.0. The van der Waals surface area contributed by atoms with E-state index in [0.717, 1.165) is 78.2 Å². The molecular formula is C76H61N4OPt-3. The van der Waals surface area contributed by atoms with Crippen LogP contribution in [0.1, 0.15) is 77.7 Å². The number of anilines is 4. The second kappa shape index (κ2) is 20.7. The number of nitrogens with zero attached hydrogens (tertiary/aromatic N) is 4. The second-order valence-corrected chi connectivity index (χ2v) is 23.4. The van der Waals surface area contributed by atoms with Crippen LogP contribution in [0.5, 0.6) is 11.5 Å². The van der Waals surface area contributed by atoms with Gasteiger partial charge in [-0.3, -0.25) is 0 Å². The zero-order chi connectivity index (χ0) is 56.8. The quantitative estimate of drug-likeness (QED) is 0.128. The van der Waals surface area contributed by atoms with Gasteiger partial charge in [0.2, 0.25) is 0 Å². The van der Waals surface area contributed by atoms with Crippen LogP contribution < -0.4 is 14.5 Å². The molecule has 0 saturated carbocycles. The Balaban J connectivity index is 0.00000658. The van der Waals surface area contributed by atoms with E-state index in [-0.39, 0.29) is 26.5 Å². The maximum absolute atomic E-state index is 9.54. The average Bonchev–Trinajstić information content (AvgIpc) is 1.96. The average molecular weight is 1240 g/mol. The van der Waals surface area contributed by atoms with E-state index in [2.05, 4.69) is 236 Å². The first-order valence-corrected chi connectivity index (χ1v) is 27.9. The molecule has 12 aromatic rings. The van der Waals surface area contributed by atoms with Gasteiger partial charge in [-0.25, -0.2) is 4.98 Å². The number of fused-ring (bicyclic) bond motifs is 7. The van der Waals surface area contributed by atoms with Crippen LogP contribution in [-0.4, -0.2) is 9.55 Å². The monoisotopic (exact) mass is 1240 g/mol. The summed E-state index contributed by atoms with van der Waals surface area (Å²) in [7, 11) is 0. The van der Waals surface area contributed by atoms with E-state index in [1.165, 1.54) is 33.4 Å². The van der Waals surface area contributed by atoms with Crippen LogP contribution in [-0.2, 0) is 38.3 Å². The molecule has 1 aliphatic carbocycles. The molecule has 6 heteroatoms. The van der Waals surface area contributed by atoms with Crippen molar-refractivity contribution in [3.8, 4) is 50.7 Å². The molecule has 14 rings (SSSR count). The van der Waals surface area contributed by atoms with Crippen LogP contribution in [0.2, 0.25) is 0 Å². The van der Waals surface area contributed by atoms with Gasteiger partial charge in [0.25, 0.3) is 0 Å². The minimum atomic E-state index is -1.65. The summed E-state index contributed by atoms with van der Waals surface area (Å²) in [6.45, 7) is 14.8. The molecular weight excluding hydrogens is 1180 g/mol. The van der Waals surface area contributed by atoms with Crippen molar-refractivity contribution in [3.05, 3.63) is 295 Å². The number of hydrogen-bond acceptors (Lipinski definition) is 4. The predicted molar refractivity (Wildman–Crippen MR) is 334 cm³/mol. The molecule has 0 radical (unpaired) electrons. The molecule has 82 heavy (non-hydrogen) atoms. The molecule has 10 aromatic carbocycles. The minimum absolute atomic E-state index is 0. The van der Waals surface area contributed by atoms with Gasteiger partial charge >= 0.3 is 0 Å². The molecule has 2 aromatic heterocycles. The van der Waals surface area contributed by atoms with Gasteiger partial charge in [-0.15, -0.1) is 48.1 Å². The summed E-state index contributed by atoms with van der Waals surface area (Å²) in [5, 5.41) is 2.13. The fourth-order valence-electron chi connectivity index (χ4n) is 12.5. The summed E-state index contributed by atoms with van der Waals surface area (Å²) >= 11 is 0. The summed E-state index contributed by atoms with van der Waals surface area (Å²) in [5.41, 5.74) is 17.3.